The maximum absolute atomic E-state index is 9.43. The summed E-state index contributed by atoms with van der Waals surface area (Å²) in [6.45, 7) is 5.18. The Morgan fingerprint density at radius 3 is 1.89 bits per heavy atom. The molecular formula is C28H31ClN2O5. The highest BCUT2D eigenvalue weighted by atomic mass is 35.5. The summed E-state index contributed by atoms with van der Waals surface area (Å²) in [7, 11) is 1.71. The van der Waals surface area contributed by atoms with Crippen molar-refractivity contribution in [2.45, 2.75) is 19.0 Å². The van der Waals surface area contributed by atoms with Gasteiger partial charge in [-0.2, -0.15) is 0 Å². The first-order chi connectivity index (χ1) is 17.4. The van der Waals surface area contributed by atoms with Gasteiger partial charge in [0.05, 0.1) is 13.2 Å². The predicted octanol–water partition coefficient (Wildman–Crippen LogP) is 4.80. The number of carboxylic acid groups (broad SMARTS) is 2. The molecule has 36 heavy (non-hydrogen) atoms. The number of carboxylic acids is 2. The number of aliphatic carboxylic acids is 2. The molecule has 1 fully saturated rings. The SMILES string of the molecule is COc1ccc(CN2CCN(C(c3ccccc3)c3ccc(Cl)cc3)CC2)cc1.O=C(O)CC(=O)O. The molecule has 1 atom stereocenters. The van der Waals surface area contributed by atoms with E-state index in [-0.39, 0.29) is 6.04 Å². The fraction of sp³-hybridized carbons (Fsp3) is 0.286. The van der Waals surface area contributed by atoms with Crippen molar-refractivity contribution in [2.24, 2.45) is 0 Å². The number of halogens is 1. The van der Waals surface area contributed by atoms with E-state index in [1.165, 1.54) is 16.7 Å². The highest BCUT2D eigenvalue weighted by molar-refractivity contribution is 6.30. The summed E-state index contributed by atoms with van der Waals surface area (Å²) in [4.78, 5) is 24.0. The van der Waals surface area contributed by atoms with E-state index in [2.05, 4.69) is 64.4 Å². The van der Waals surface area contributed by atoms with Gasteiger partial charge in [0, 0.05) is 37.7 Å². The van der Waals surface area contributed by atoms with Crippen molar-refractivity contribution < 1.29 is 24.5 Å². The first-order valence-electron chi connectivity index (χ1n) is 11.7. The van der Waals surface area contributed by atoms with Gasteiger partial charge in [-0.15, -0.1) is 0 Å². The van der Waals surface area contributed by atoms with Crippen LogP contribution in [0.15, 0.2) is 78.9 Å². The molecule has 3 aromatic rings. The third-order valence-electron chi connectivity index (χ3n) is 5.94. The molecule has 190 valence electrons. The largest absolute Gasteiger partial charge is 0.497 e. The standard InChI is InChI=1S/C25H27ClN2O.C3H4O4/c1-29-24-13-7-20(8-14-24)19-27-15-17-28(18-16-27)25(21-5-3-2-4-6-21)22-9-11-23(26)12-10-22;4-2(5)1-3(6)7/h2-14,25H,15-19H2,1H3;1H2,(H,4,5)(H,6,7). The van der Waals surface area contributed by atoms with Gasteiger partial charge < -0.3 is 14.9 Å². The zero-order valence-electron chi connectivity index (χ0n) is 20.2. The molecule has 2 N–H and O–H groups in total. The number of piperazine rings is 1. The highest BCUT2D eigenvalue weighted by Gasteiger charge is 2.26. The minimum atomic E-state index is -1.31. The van der Waals surface area contributed by atoms with Crippen molar-refractivity contribution in [1.82, 2.24) is 9.80 Å². The molecule has 0 amide bonds. The summed E-state index contributed by atoms with van der Waals surface area (Å²) < 4.78 is 5.26. The van der Waals surface area contributed by atoms with Gasteiger partial charge in [0.2, 0.25) is 0 Å². The number of carbonyl (C=O) groups is 2. The fourth-order valence-electron chi connectivity index (χ4n) is 4.19. The molecule has 0 saturated carbocycles. The van der Waals surface area contributed by atoms with E-state index < -0.39 is 18.4 Å². The second-order valence-corrected chi connectivity index (χ2v) is 8.93. The molecule has 1 heterocycles. The lowest BCUT2D eigenvalue weighted by molar-refractivity contribution is -0.147. The highest BCUT2D eigenvalue weighted by Crippen LogP contribution is 2.30. The average molecular weight is 511 g/mol. The van der Waals surface area contributed by atoms with Crippen LogP contribution in [-0.2, 0) is 16.1 Å². The van der Waals surface area contributed by atoms with E-state index in [0.717, 1.165) is 43.5 Å². The minimum Gasteiger partial charge on any atom is -0.497 e. The Bertz CT molecular complexity index is 1090. The molecular weight excluding hydrogens is 480 g/mol. The third-order valence-corrected chi connectivity index (χ3v) is 6.19. The van der Waals surface area contributed by atoms with E-state index in [9.17, 15) is 9.59 Å². The van der Waals surface area contributed by atoms with E-state index in [1.807, 2.05) is 24.3 Å². The minimum absolute atomic E-state index is 0.261. The van der Waals surface area contributed by atoms with Crippen LogP contribution in [0.5, 0.6) is 5.75 Å². The summed E-state index contributed by atoms with van der Waals surface area (Å²) in [6, 6.07) is 27.7. The molecule has 8 heteroatoms. The summed E-state index contributed by atoms with van der Waals surface area (Å²) in [5.41, 5.74) is 3.96. The second-order valence-electron chi connectivity index (χ2n) is 8.49. The lowest BCUT2D eigenvalue weighted by Crippen LogP contribution is -2.47. The van der Waals surface area contributed by atoms with Gasteiger partial charge in [-0.1, -0.05) is 66.2 Å². The van der Waals surface area contributed by atoms with Crippen molar-refractivity contribution in [1.29, 1.82) is 0 Å². The van der Waals surface area contributed by atoms with Gasteiger partial charge in [0.25, 0.3) is 0 Å². The zero-order chi connectivity index (χ0) is 25.9. The molecule has 0 aromatic heterocycles. The molecule has 7 nitrogen and oxygen atoms in total. The Kier molecular flexibility index (Phi) is 10.3. The van der Waals surface area contributed by atoms with E-state index >= 15 is 0 Å². The Morgan fingerprint density at radius 2 is 1.39 bits per heavy atom. The van der Waals surface area contributed by atoms with E-state index in [1.54, 1.807) is 7.11 Å². The van der Waals surface area contributed by atoms with Crippen LogP contribution >= 0.6 is 11.6 Å². The number of hydrogen-bond acceptors (Lipinski definition) is 5. The molecule has 4 rings (SSSR count). The van der Waals surface area contributed by atoms with Gasteiger partial charge in [-0.3, -0.25) is 19.4 Å². The lowest BCUT2D eigenvalue weighted by Gasteiger charge is -2.40. The first kappa shape index (κ1) is 27.2. The zero-order valence-corrected chi connectivity index (χ0v) is 21.0. The first-order valence-corrected chi connectivity index (χ1v) is 12.1. The van der Waals surface area contributed by atoms with Crippen LogP contribution in [0, 0.1) is 0 Å². The van der Waals surface area contributed by atoms with Crippen molar-refractivity contribution in [3.63, 3.8) is 0 Å². The van der Waals surface area contributed by atoms with Crippen molar-refractivity contribution in [3.8, 4) is 5.75 Å². The van der Waals surface area contributed by atoms with Gasteiger partial charge >= 0.3 is 11.9 Å². The Morgan fingerprint density at radius 1 is 0.833 bits per heavy atom. The molecule has 3 aromatic carbocycles. The molecule has 0 bridgehead atoms. The van der Waals surface area contributed by atoms with Crippen LogP contribution in [0.4, 0.5) is 0 Å². The Labute approximate surface area is 216 Å². The van der Waals surface area contributed by atoms with Gasteiger partial charge in [-0.25, -0.2) is 0 Å². The van der Waals surface area contributed by atoms with Gasteiger partial charge in [0.1, 0.15) is 12.2 Å². The second kappa shape index (κ2) is 13.6. The molecule has 0 spiro atoms. The number of benzene rings is 3. The summed E-state index contributed by atoms with van der Waals surface area (Å²) in [6.07, 6.45) is -0.806. The summed E-state index contributed by atoms with van der Waals surface area (Å²) in [5, 5.41) is 16.2. The summed E-state index contributed by atoms with van der Waals surface area (Å²) >= 11 is 6.14. The Balaban J connectivity index is 0.000000454. The summed E-state index contributed by atoms with van der Waals surface area (Å²) in [5.74, 6) is -1.72. The monoisotopic (exact) mass is 510 g/mol. The number of methoxy groups -OCH3 is 1. The van der Waals surface area contributed by atoms with Crippen LogP contribution in [0.25, 0.3) is 0 Å². The predicted molar refractivity (Wildman–Crippen MR) is 139 cm³/mol. The van der Waals surface area contributed by atoms with Gasteiger partial charge in [-0.05, 0) is 41.0 Å². The number of nitrogens with zero attached hydrogens (tertiary/aromatic N) is 2. The fourth-order valence-corrected chi connectivity index (χ4v) is 4.32. The van der Waals surface area contributed by atoms with Crippen LogP contribution in [-0.4, -0.2) is 65.2 Å². The normalized spacial score (nSPS) is 14.8. The van der Waals surface area contributed by atoms with Crippen LogP contribution < -0.4 is 4.74 Å². The topological polar surface area (TPSA) is 90.3 Å². The molecule has 1 aliphatic rings. The maximum atomic E-state index is 9.43. The molecule has 1 unspecified atom stereocenters. The van der Waals surface area contributed by atoms with Crippen molar-refractivity contribution in [2.75, 3.05) is 33.3 Å². The third kappa shape index (κ3) is 8.37. The maximum Gasteiger partial charge on any atom is 0.314 e. The molecule has 0 radical (unpaired) electrons. The van der Waals surface area contributed by atoms with Crippen LogP contribution in [0.3, 0.4) is 0 Å². The molecule has 0 aliphatic carbocycles. The lowest BCUT2D eigenvalue weighted by atomic mass is 9.96. The van der Waals surface area contributed by atoms with E-state index in [0.29, 0.717) is 0 Å². The smallest absolute Gasteiger partial charge is 0.314 e. The van der Waals surface area contributed by atoms with Gasteiger partial charge in [0.15, 0.2) is 0 Å². The van der Waals surface area contributed by atoms with E-state index in [4.69, 9.17) is 26.6 Å². The molecule has 1 saturated heterocycles. The number of rotatable bonds is 8. The Hall–Kier alpha value is -3.39. The van der Waals surface area contributed by atoms with Crippen molar-refractivity contribution >= 4 is 23.5 Å². The van der Waals surface area contributed by atoms with Crippen LogP contribution in [0.2, 0.25) is 5.02 Å². The molecule has 1 aliphatic heterocycles. The number of hydrogen-bond donors (Lipinski definition) is 2. The quantitative estimate of drug-likeness (QED) is 0.420. The van der Waals surface area contributed by atoms with Crippen LogP contribution in [0.1, 0.15) is 29.2 Å². The number of ether oxygens (including phenoxy) is 1. The van der Waals surface area contributed by atoms with Crippen molar-refractivity contribution in [3.05, 3.63) is 101 Å². The average Bonchev–Trinajstić information content (AvgIpc) is 2.87.